The largest absolute Gasteiger partial charge is 0.457 e. The van der Waals surface area contributed by atoms with Gasteiger partial charge in [0.1, 0.15) is 6.61 Å². The number of rotatable bonds is 3. The molecule has 0 aliphatic heterocycles. The third-order valence-corrected chi connectivity index (χ3v) is 3.50. The van der Waals surface area contributed by atoms with Crippen molar-refractivity contribution in [3.63, 3.8) is 0 Å². The molecule has 0 aliphatic rings. The van der Waals surface area contributed by atoms with Gasteiger partial charge in [-0.1, -0.05) is 41.4 Å². The average molecular weight is 310 g/mol. The van der Waals surface area contributed by atoms with Gasteiger partial charge >= 0.3 is 5.97 Å². The number of benzene rings is 2. The zero-order chi connectivity index (χ0) is 14.7. The Kier molecular flexibility index (Phi) is 4.53. The quantitative estimate of drug-likeness (QED) is 0.681. The highest BCUT2D eigenvalue weighted by Gasteiger charge is 2.13. The Labute approximate surface area is 127 Å². The Morgan fingerprint density at radius 2 is 2.00 bits per heavy atom. The van der Waals surface area contributed by atoms with Crippen LogP contribution in [0.5, 0.6) is 0 Å². The van der Waals surface area contributed by atoms with Gasteiger partial charge in [-0.05, 0) is 30.7 Å². The fourth-order valence-electron chi connectivity index (χ4n) is 1.72. The first-order chi connectivity index (χ1) is 9.49. The minimum absolute atomic E-state index is 0.0716. The van der Waals surface area contributed by atoms with E-state index in [1.54, 1.807) is 30.3 Å². The van der Waals surface area contributed by atoms with Gasteiger partial charge in [0.05, 0.1) is 5.56 Å². The molecule has 2 N–H and O–H groups in total. The first-order valence-electron chi connectivity index (χ1n) is 5.95. The zero-order valence-corrected chi connectivity index (χ0v) is 12.3. The summed E-state index contributed by atoms with van der Waals surface area (Å²) in [6.07, 6.45) is 0. The van der Waals surface area contributed by atoms with Gasteiger partial charge in [0.15, 0.2) is 0 Å². The Bertz CT molecular complexity index is 656. The standard InChI is InChI=1S/C15H13Cl2NO2/c1-9-3-2-4-12(14(9)18)15(19)20-8-10-5-6-11(16)7-13(10)17/h2-7H,8,18H2,1H3. The highest BCUT2D eigenvalue weighted by Crippen LogP contribution is 2.23. The first-order valence-corrected chi connectivity index (χ1v) is 6.71. The second kappa shape index (κ2) is 6.16. The van der Waals surface area contributed by atoms with Crippen LogP contribution in [0.1, 0.15) is 21.5 Å². The second-order valence-electron chi connectivity index (χ2n) is 4.35. The molecule has 0 atom stereocenters. The number of esters is 1. The van der Waals surface area contributed by atoms with Crippen LogP contribution < -0.4 is 5.73 Å². The highest BCUT2D eigenvalue weighted by atomic mass is 35.5. The summed E-state index contributed by atoms with van der Waals surface area (Å²) in [4.78, 5) is 12.0. The van der Waals surface area contributed by atoms with Gasteiger partial charge in [-0.25, -0.2) is 4.79 Å². The number of aryl methyl sites for hydroxylation is 1. The number of para-hydroxylation sites is 1. The fraction of sp³-hybridized carbons (Fsp3) is 0.133. The van der Waals surface area contributed by atoms with E-state index in [4.69, 9.17) is 33.7 Å². The van der Waals surface area contributed by atoms with Crippen LogP contribution in [0.3, 0.4) is 0 Å². The molecule has 0 bridgehead atoms. The van der Waals surface area contributed by atoms with Gasteiger partial charge in [-0.15, -0.1) is 0 Å². The maximum absolute atomic E-state index is 12.0. The predicted molar refractivity (Wildman–Crippen MR) is 81.2 cm³/mol. The molecule has 0 radical (unpaired) electrons. The smallest absolute Gasteiger partial charge is 0.340 e. The van der Waals surface area contributed by atoms with Crippen LogP contribution in [0.2, 0.25) is 10.0 Å². The number of hydrogen-bond donors (Lipinski definition) is 1. The van der Waals surface area contributed by atoms with Crippen molar-refractivity contribution in [2.24, 2.45) is 0 Å². The molecule has 0 saturated heterocycles. The molecular formula is C15H13Cl2NO2. The number of carbonyl (C=O) groups is 1. The molecule has 0 aliphatic carbocycles. The molecule has 2 rings (SSSR count). The molecule has 0 spiro atoms. The van der Waals surface area contributed by atoms with Gasteiger partial charge < -0.3 is 10.5 Å². The first kappa shape index (κ1) is 14.7. The van der Waals surface area contributed by atoms with Crippen molar-refractivity contribution in [3.8, 4) is 0 Å². The second-order valence-corrected chi connectivity index (χ2v) is 5.19. The number of ether oxygens (including phenoxy) is 1. The summed E-state index contributed by atoms with van der Waals surface area (Å²) in [7, 11) is 0. The molecule has 104 valence electrons. The van der Waals surface area contributed by atoms with E-state index in [9.17, 15) is 4.79 Å². The Hall–Kier alpha value is -1.71. The van der Waals surface area contributed by atoms with Crippen LogP contribution in [0.4, 0.5) is 5.69 Å². The van der Waals surface area contributed by atoms with Gasteiger partial charge in [0, 0.05) is 21.3 Å². The predicted octanol–water partition coefficient (Wildman–Crippen LogP) is 4.24. The lowest BCUT2D eigenvalue weighted by Gasteiger charge is -2.09. The summed E-state index contributed by atoms with van der Waals surface area (Å²) in [5.74, 6) is -0.475. The summed E-state index contributed by atoms with van der Waals surface area (Å²) >= 11 is 11.8. The van der Waals surface area contributed by atoms with Crippen LogP contribution in [0.15, 0.2) is 36.4 Å². The summed E-state index contributed by atoms with van der Waals surface area (Å²) in [6.45, 7) is 1.91. The average Bonchev–Trinajstić information content (AvgIpc) is 2.40. The fourth-order valence-corrected chi connectivity index (χ4v) is 2.18. The van der Waals surface area contributed by atoms with E-state index in [-0.39, 0.29) is 6.61 Å². The molecule has 2 aromatic carbocycles. The van der Waals surface area contributed by atoms with E-state index in [1.807, 2.05) is 13.0 Å². The van der Waals surface area contributed by atoms with Crippen molar-refractivity contribution < 1.29 is 9.53 Å². The van der Waals surface area contributed by atoms with E-state index in [2.05, 4.69) is 0 Å². The zero-order valence-electron chi connectivity index (χ0n) is 10.8. The summed E-state index contributed by atoms with van der Waals surface area (Å²) < 4.78 is 5.22. The molecule has 0 fully saturated rings. The number of carbonyl (C=O) groups excluding carboxylic acids is 1. The molecule has 0 saturated carbocycles. The maximum atomic E-state index is 12.0. The Balaban J connectivity index is 2.11. The minimum atomic E-state index is -0.475. The maximum Gasteiger partial charge on any atom is 0.340 e. The summed E-state index contributed by atoms with van der Waals surface area (Å²) in [5, 5.41) is 0.996. The van der Waals surface area contributed by atoms with Crippen molar-refractivity contribution in [2.75, 3.05) is 5.73 Å². The van der Waals surface area contributed by atoms with E-state index < -0.39 is 5.97 Å². The lowest BCUT2D eigenvalue weighted by Crippen LogP contribution is -2.09. The van der Waals surface area contributed by atoms with E-state index in [1.165, 1.54) is 0 Å². The number of nitrogens with two attached hydrogens (primary N) is 1. The lowest BCUT2D eigenvalue weighted by molar-refractivity contribution is 0.0474. The number of anilines is 1. The van der Waals surface area contributed by atoms with Gasteiger partial charge in [-0.2, -0.15) is 0 Å². The van der Waals surface area contributed by atoms with Gasteiger partial charge in [0.2, 0.25) is 0 Å². The lowest BCUT2D eigenvalue weighted by atomic mass is 10.1. The monoisotopic (exact) mass is 309 g/mol. The number of hydrogen-bond acceptors (Lipinski definition) is 3. The molecule has 0 aromatic heterocycles. The van der Waals surface area contributed by atoms with Crippen molar-refractivity contribution in [1.29, 1.82) is 0 Å². The van der Waals surface area contributed by atoms with Crippen molar-refractivity contribution in [2.45, 2.75) is 13.5 Å². The molecule has 20 heavy (non-hydrogen) atoms. The molecular weight excluding hydrogens is 297 g/mol. The number of halogens is 2. The van der Waals surface area contributed by atoms with Crippen LogP contribution >= 0.6 is 23.2 Å². The number of nitrogen functional groups attached to an aromatic ring is 1. The molecule has 0 unspecified atom stereocenters. The van der Waals surface area contributed by atoms with Crippen molar-refractivity contribution in [3.05, 3.63) is 63.1 Å². The molecule has 0 heterocycles. The summed E-state index contributed by atoms with van der Waals surface area (Å²) in [5.41, 5.74) is 8.17. The SMILES string of the molecule is Cc1cccc(C(=O)OCc2ccc(Cl)cc2Cl)c1N. The Morgan fingerprint density at radius 1 is 1.25 bits per heavy atom. The van der Waals surface area contributed by atoms with Crippen molar-refractivity contribution >= 4 is 34.9 Å². The third-order valence-electron chi connectivity index (χ3n) is 2.92. The van der Waals surface area contributed by atoms with E-state index in [0.717, 1.165) is 5.56 Å². The van der Waals surface area contributed by atoms with Crippen LogP contribution in [0, 0.1) is 6.92 Å². The van der Waals surface area contributed by atoms with Gasteiger partial charge in [0.25, 0.3) is 0 Å². The third kappa shape index (κ3) is 3.24. The summed E-state index contributed by atoms with van der Waals surface area (Å²) in [6, 6.07) is 10.2. The normalized spacial score (nSPS) is 10.3. The Morgan fingerprint density at radius 3 is 2.70 bits per heavy atom. The minimum Gasteiger partial charge on any atom is -0.457 e. The van der Waals surface area contributed by atoms with E-state index in [0.29, 0.717) is 26.9 Å². The van der Waals surface area contributed by atoms with Crippen LogP contribution in [-0.4, -0.2) is 5.97 Å². The molecule has 3 nitrogen and oxygen atoms in total. The van der Waals surface area contributed by atoms with Gasteiger partial charge in [-0.3, -0.25) is 0 Å². The topological polar surface area (TPSA) is 52.3 Å². The molecule has 5 heteroatoms. The van der Waals surface area contributed by atoms with Crippen molar-refractivity contribution in [1.82, 2.24) is 0 Å². The molecule has 2 aromatic rings. The molecule has 0 amide bonds. The van der Waals surface area contributed by atoms with Crippen LogP contribution in [0.25, 0.3) is 0 Å². The van der Waals surface area contributed by atoms with Crippen LogP contribution in [-0.2, 0) is 11.3 Å². The van der Waals surface area contributed by atoms with E-state index >= 15 is 0 Å². The highest BCUT2D eigenvalue weighted by molar-refractivity contribution is 6.35.